The summed E-state index contributed by atoms with van der Waals surface area (Å²) in [5.41, 5.74) is 6.56. The molecule has 0 spiro atoms. The smallest absolute Gasteiger partial charge is 0.119 e. The summed E-state index contributed by atoms with van der Waals surface area (Å²) in [5, 5.41) is 0.821. The minimum atomic E-state index is -1.30. The number of hydrogen-bond acceptors (Lipinski definition) is 3. The van der Waals surface area contributed by atoms with Gasteiger partial charge in [0.2, 0.25) is 0 Å². The van der Waals surface area contributed by atoms with Crippen molar-refractivity contribution in [2.75, 3.05) is 12.4 Å². The molecule has 2 aromatic carbocycles. The zero-order chi connectivity index (χ0) is 15.2. The zero-order valence-corrected chi connectivity index (χ0v) is 13.5. The van der Waals surface area contributed by atoms with E-state index < -0.39 is 10.8 Å². The van der Waals surface area contributed by atoms with Gasteiger partial charge in [0.25, 0.3) is 0 Å². The molecule has 0 saturated heterocycles. The van der Waals surface area contributed by atoms with Crippen LogP contribution in [0.1, 0.15) is 5.56 Å². The summed E-state index contributed by atoms with van der Waals surface area (Å²) in [5.74, 6) is 1.04. The molecule has 0 aliphatic rings. The molecule has 0 bridgehead atoms. The van der Waals surface area contributed by atoms with Gasteiger partial charge < -0.3 is 10.5 Å². The maximum atomic E-state index is 12.2. The highest BCUT2D eigenvalue weighted by atomic mass is 35.5. The second-order valence-corrected chi connectivity index (χ2v) is 6.62. The van der Waals surface area contributed by atoms with Gasteiger partial charge in [0, 0.05) is 6.54 Å². The molecular weight excluding hydrogens is 329 g/mol. The van der Waals surface area contributed by atoms with Crippen LogP contribution in [0.3, 0.4) is 0 Å². The molecule has 0 radical (unpaired) electrons. The average Bonchev–Trinajstić information content (AvgIpc) is 2.48. The van der Waals surface area contributed by atoms with Crippen molar-refractivity contribution >= 4 is 34.0 Å². The molecule has 0 aliphatic heterocycles. The SMILES string of the molecule is NCc1ccc(OCCS(=O)c2c(Cl)cccc2Cl)cc1. The van der Waals surface area contributed by atoms with Crippen LogP contribution in [0.25, 0.3) is 0 Å². The Hall–Kier alpha value is -1.07. The first-order valence-corrected chi connectivity index (χ1v) is 8.43. The molecule has 6 heteroatoms. The number of nitrogens with two attached hydrogens (primary N) is 1. The summed E-state index contributed by atoms with van der Waals surface area (Å²) in [6, 6.07) is 12.6. The van der Waals surface area contributed by atoms with Crippen LogP contribution in [0.2, 0.25) is 10.0 Å². The number of benzene rings is 2. The van der Waals surface area contributed by atoms with Crippen LogP contribution in [0.5, 0.6) is 5.75 Å². The van der Waals surface area contributed by atoms with Crippen LogP contribution in [0.15, 0.2) is 47.4 Å². The maximum Gasteiger partial charge on any atom is 0.119 e. The van der Waals surface area contributed by atoms with Crippen molar-refractivity contribution in [2.24, 2.45) is 5.73 Å². The lowest BCUT2D eigenvalue weighted by Gasteiger charge is -2.09. The van der Waals surface area contributed by atoms with Gasteiger partial charge in [-0.3, -0.25) is 4.21 Å². The van der Waals surface area contributed by atoms with Crippen molar-refractivity contribution in [2.45, 2.75) is 11.4 Å². The second-order valence-electron chi connectivity index (χ2n) is 4.30. The molecule has 3 nitrogen and oxygen atoms in total. The Kier molecular flexibility index (Phi) is 6.06. The molecule has 1 atom stereocenters. The summed E-state index contributed by atoms with van der Waals surface area (Å²) < 4.78 is 17.8. The van der Waals surface area contributed by atoms with Gasteiger partial charge in [0.15, 0.2) is 0 Å². The van der Waals surface area contributed by atoms with Crippen LogP contribution in [0.4, 0.5) is 0 Å². The summed E-state index contributed by atoms with van der Waals surface area (Å²) in [6.07, 6.45) is 0. The molecule has 0 amide bonds. The van der Waals surface area contributed by atoms with Crippen molar-refractivity contribution in [3.8, 4) is 5.75 Å². The highest BCUT2D eigenvalue weighted by Gasteiger charge is 2.13. The molecular formula is C15H15Cl2NO2S. The van der Waals surface area contributed by atoms with E-state index in [-0.39, 0.29) is 0 Å². The largest absolute Gasteiger partial charge is 0.493 e. The van der Waals surface area contributed by atoms with Gasteiger partial charge >= 0.3 is 0 Å². The Balaban J connectivity index is 1.92. The first kappa shape index (κ1) is 16.3. The number of hydrogen-bond donors (Lipinski definition) is 1. The molecule has 2 N–H and O–H groups in total. The van der Waals surface area contributed by atoms with Crippen molar-refractivity contribution < 1.29 is 8.95 Å². The minimum Gasteiger partial charge on any atom is -0.493 e. The number of halogens is 2. The Labute approximate surface area is 136 Å². The van der Waals surface area contributed by atoms with E-state index in [2.05, 4.69) is 0 Å². The summed E-state index contributed by atoms with van der Waals surface area (Å²) in [6.45, 7) is 0.811. The van der Waals surface area contributed by atoms with Crippen LogP contribution < -0.4 is 10.5 Å². The Morgan fingerprint density at radius 3 is 2.24 bits per heavy atom. The van der Waals surface area contributed by atoms with Gasteiger partial charge in [-0.05, 0) is 29.8 Å². The molecule has 0 heterocycles. The van der Waals surface area contributed by atoms with Gasteiger partial charge in [-0.15, -0.1) is 0 Å². The molecule has 0 aromatic heterocycles. The normalized spacial score (nSPS) is 12.1. The van der Waals surface area contributed by atoms with E-state index in [1.807, 2.05) is 24.3 Å². The number of rotatable bonds is 6. The van der Waals surface area contributed by atoms with Gasteiger partial charge in [0.05, 0.1) is 31.5 Å². The summed E-state index contributed by atoms with van der Waals surface area (Å²) in [4.78, 5) is 0.461. The summed E-state index contributed by atoms with van der Waals surface area (Å²) in [7, 11) is -1.30. The topological polar surface area (TPSA) is 52.3 Å². The first-order valence-electron chi connectivity index (χ1n) is 6.36. The first-order chi connectivity index (χ1) is 10.1. The third-order valence-corrected chi connectivity index (χ3v) is 5.13. The highest BCUT2D eigenvalue weighted by Crippen LogP contribution is 2.27. The van der Waals surface area contributed by atoms with Crippen LogP contribution in [-0.2, 0) is 17.3 Å². The van der Waals surface area contributed by atoms with Crippen molar-refractivity contribution in [3.63, 3.8) is 0 Å². The van der Waals surface area contributed by atoms with Gasteiger partial charge in [-0.25, -0.2) is 0 Å². The van der Waals surface area contributed by atoms with Crippen molar-refractivity contribution in [1.82, 2.24) is 0 Å². The second kappa shape index (κ2) is 7.80. The third kappa shape index (κ3) is 4.45. The molecule has 21 heavy (non-hydrogen) atoms. The van der Waals surface area contributed by atoms with Crippen molar-refractivity contribution in [3.05, 3.63) is 58.1 Å². The lowest BCUT2D eigenvalue weighted by atomic mass is 10.2. The Morgan fingerprint density at radius 1 is 1.05 bits per heavy atom. The lowest BCUT2D eigenvalue weighted by molar-refractivity contribution is 0.342. The molecule has 0 fully saturated rings. The average molecular weight is 344 g/mol. The Morgan fingerprint density at radius 2 is 1.67 bits per heavy atom. The third-order valence-electron chi connectivity index (χ3n) is 2.84. The fourth-order valence-corrected chi connectivity index (χ4v) is 3.68. The summed E-state index contributed by atoms with van der Waals surface area (Å²) >= 11 is 12.0. The fraction of sp³-hybridized carbons (Fsp3) is 0.200. The molecule has 112 valence electrons. The molecule has 0 aliphatic carbocycles. The highest BCUT2D eigenvalue weighted by molar-refractivity contribution is 7.85. The predicted molar refractivity (Wildman–Crippen MR) is 87.6 cm³/mol. The van der Waals surface area contributed by atoms with Gasteiger partial charge in [0.1, 0.15) is 12.4 Å². The van der Waals surface area contributed by atoms with E-state index in [1.165, 1.54) is 0 Å². The molecule has 2 rings (SSSR count). The quantitative estimate of drug-likeness (QED) is 0.870. The molecule has 2 aromatic rings. The van der Waals surface area contributed by atoms with E-state index in [4.69, 9.17) is 33.7 Å². The van der Waals surface area contributed by atoms with Gasteiger partial charge in [-0.1, -0.05) is 41.4 Å². The lowest BCUT2D eigenvalue weighted by Crippen LogP contribution is -2.09. The predicted octanol–water partition coefficient (Wildman–Crippen LogP) is 3.64. The van der Waals surface area contributed by atoms with Crippen LogP contribution in [0, 0.1) is 0 Å². The minimum absolute atomic E-state index is 0.316. The molecule has 0 saturated carbocycles. The Bertz CT molecular complexity index is 612. The fourth-order valence-electron chi connectivity index (χ4n) is 1.76. The van der Waals surface area contributed by atoms with E-state index in [9.17, 15) is 4.21 Å². The molecule has 1 unspecified atom stereocenters. The standard InChI is InChI=1S/C15H15Cl2NO2S/c16-13-2-1-3-14(17)15(13)21(19)9-8-20-12-6-4-11(10-18)5-7-12/h1-7H,8-10,18H2. The number of ether oxygens (including phenoxy) is 1. The van der Waals surface area contributed by atoms with E-state index in [0.29, 0.717) is 33.8 Å². The van der Waals surface area contributed by atoms with E-state index in [1.54, 1.807) is 18.2 Å². The maximum absolute atomic E-state index is 12.2. The van der Waals surface area contributed by atoms with E-state index in [0.717, 1.165) is 11.3 Å². The monoisotopic (exact) mass is 343 g/mol. The van der Waals surface area contributed by atoms with Crippen molar-refractivity contribution in [1.29, 1.82) is 0 Å². The van der Waals surface area contributed by atoms with Crippen LogP contribution >= 0.6 is 23.2 Å². The van der Waals surface area contributed by atoms with Gasteiger partial charge in [-0.2, -0.15) is 0 Å². The van der Waals surface area contributed by atoms with Crippen LogP contribution in [-0.4, -0.2) is 16.6 Å². The zero-order valence-electron chi connectivity index (χ0n) is 11.2. The van der Waals surface area contributed by atoms with E-state index >= 15 is 0 Å².